The Balaban J connectivity index is 2.44. The SMILES string of the molecule is COc1ncc(-c2cn(CC(=O)O)nc2C(N)=O)cn1. The summed E-state index contributed by atoms with van der Waals surface area (Å²) in [4.78, 5) is 29.8. The number of carbonyl (C=O) groups excluding carboxylic acids is 1. The van der Waals surface area contributed by atoms with E-state index in [0.717, 1.165) is 4.68 Å². The molecule has 0 unspecified atom stereocenters. The molecule has 0 saturated carbocycles. The third-order valence-electron chi connectivity index (χ3n) is 2.41. The van der Waals surface area contributed by atoms with Gasteiger partial charge in [-0.3, -0.25) is 14.3 Å². The zero-order chi connectivity index (χ0) is 14.7. The maximum absolute atomic E-state index is 11.4. The van der Waals surface area contributed by atoms with Gasteiger partial charge in [-0.1, -0.05) is 0 Å². The summed E-state index contributed by atoms with van der Waals surface area (Å²) in [6.45, 7) is -0.378. The summed E-state index contributed by atoms with van der Waals surface area (Å²) in [5.74, 6) is -1.85. The van der Waals surface area contributed by atoms with Crippen LogP contribution in [0.1, 0.15) is 10.5 Å². The lowest BCUT2D eigenvalue weighted by Gasteiger charge is -2.00. The van der Waals surface area contributed by atoms with Gasteiger partial charge in [0, 0.05) is 29.7 Å². The molecule has 9 nitrogen and oxygen atoms in total. The number of rotatable bonds is 5. The fourth-order valence-corrected chi connectivity index (χ4v) is 1.59. The molecule has 9 heteroatoms. The van der Waals surface area contributed by atoms with Crippen LogP contribution in [-0.2, 0) is 11.3 Å². The van der Waals surface area contributed by atoms with Crippen molar-refractivity contribution >= 4 is 11.9 Å². The van der Waals surface area contributed by atoms with E-state index in [1.165, 1.54) is 25.7 Å². The van der Waals surface area contributed by atoms with Gasteiger partial charge in [-0.25, -0.2) is 9.97 Å². The lowest BCUT2D eigenvalue weighted by molar-refractivity contribution is -0.137. The molecule has 0 aromatic carbocycles. The predicted octanol–water partition coefficient (Wildman–Crippen LogP) is -0.468. The highest BCUT2D eigenvalue weighted by atomic mass is 16.5. The van der Waals surface area contributed by atoms with Gasteiger partial charge in [0.05, 0.1) is 7.11 Å². The van der Waals surface area contributed by atoms with Gasteiger partial charge in [0.1, 0.15) is 6.54 Å². The van der Waals surface area contributed by atoms with Gasteiger partial charge in [0.2, 0.25) is 0 Å². The zero-order valence-corrected chi connectivity index (χ0v) is 10.5. The Bertz CT molecular complexity index is 649. The fourth-order valence-electron chi connectivity index (χ4n) is 1.59. The maximum Gasteiger partial charge on any atom is 0.325 e. The van der Waals surface area contributed by atoms with Gasteiger partial charge in [-0.2, -0.15) is 5.10 Å². The van der Waals surface area contributed by atoms with Gasteiger partial charge in [-0.05, 0) is 0 Å². The van der Waals surface area contributed by atoms with Gasteiger partial charge in [-0.15, -0.1) is 0 Å². The van der Waals surface area contributed by atoms with E-state index < -0.39 is 11.9 Å². The van der Waals surface area contributed by atoms with Crippen LogP contribution in [0, 0.1) is 0 Å². The molecule has 104 valence electrons. The molecule has 0 aliphatic carbocycles. The van der Waals surface area contributed by atoms with Crippen molar-refractivity contribution in [1.29, 1.82) is 0 Å². The average Bonchev–Trinajstić information content (AvgIpc) is 2.82. The Labute approximate surface area is 113 Å². The zero-order valence-electron chi connectivity index (χ0n) is 10.5. The summed E-state index contributed by atoms with van der Waals surface area (Å²) in [6.07, 6.45) is 4.26. The standard InChI is InChI=1S/C11H11N5O4/c1-20-11-13-2-6(3-14-11)7-4-16(5-8(17)18)15-9(7)10(12)19/h2-4H,5H2,1H3,(H2,12,19)(H,17,18). The number of aromatic nitrogens is 4. The van der Waals surface area contributed by atoms with Gasteiger partial charge < -0.3 is 15.6 Å². The summed E-state index contributed by atoms with van der Waals surface area (Å²) in [7, 11) is 1.43. The summed E-state index contributed by atoms with van der Waals surface area (Å²) < 4.78 is 5.94. The first-order valence-electron chi connectivity index (χ1n) is 5.46. The van der Waals surface area contributed by atoms with Crippen LogP contribution >= 0.6 is 0 Å². The number of hydrogen-bond acceptors (Lipinski definition) is 6. The van der Waals surface area contributed by atoms with Crippen molar-refractivity contribution in [3.63, 3.8) is 0 Å². The van der Waals surface area contributed by atoms with Crippen molar-refractivity contribution in [2.24, 2.45) is 5.73 Å². The number of nitrogens with two attached hydrogens (primary N) is 1. The molecule has 2 rings (SSSR count). The lowest BCUT2D eigenvalue weighted by atomic mass is 10.1. The van der Waals surface area contributed by atoms with Crippen LogP contribution in [0.25, 0.3) is 11.1 Å². The Hall–Kier alpha value is -2.97. The minimum atomic E-state index is -1.08. The number of carboxylic acids is 1. The van der Waals surface area contributed by atoms with Crippen molar-refractivity contribution < 1.29 is 19.4 Å². The van der Waals surface area contributed by atoms with E-state index >= 15 is 0 Å². The Morgan fingerprint density at radius 3 is 2.55 bits per heavy atom. The van der Waals surface area contributed by atoms with Crippen molar-refractivity contribution in [1.82, 2.24) is 19.7 Å². The molecule has 0 fully saturated rings. The molecule has 0 saturated heterocycles. The highest BCUT2D eigenvalue weighted by Crippen LogP contribution is 2.22. The molecule has 1 amide bonds. The Morgan fingerprint density at radius 2 is 2.05 bits per heavy atom. The van der Waals surface area contributed by atoms with Crippen LogP contribution in [0.4, 0.5) is 0 Å². The summed E-state index contributed by atoms with van der Waals surface area (Å²) in [5.41, 5.74) is 6.03. The maximum atomic E-state index is 11.4. The number of carbonyl (C=O) groups is 2. The van der Waals surface area contributed by atoms with E-state index in [1.54, 1.807) is 0 Å². The summed E-state index contributed by atoms with van der Waals surface area (Å²) in [6, 6.07) is 0.173. The van der Waals surface area contributed by atoms with Crippen LogP contribution < -0.4 is 10.5 Å². The molecular formula is C11H11N5O4. The molecule has 2 heterocycles. The molecule has 0 aliphatic heterocycles. The van der Waals surface area contributed by atoms with Crippen LogP contribution in [0.2, 0.25) is 0 Å². The van der Waals surface area contributed by atoms with E-state index in [2.05, 4.69) is 15.1 Å². The first-order chi connectivity index (χ1) is 9.51. The Morgan fingerprint density at radius 1 is 1.40 bits per heavy atom. The second-order valence-electron chi connectivity index (χ2n) is 3.81. The first-order valence-corrected chi connectivity index (χ1v) is 5.46. The molecule has 0 atom stereocenters. The van der Waals surface area contributed by atoms with Crippen LogP contribution in [0.15, 0.2) is 18.6 Å². The molecule has 2 aromatic heterocycles. The van der Waals surface area contributed by atoms with Crippen LogP contribution in [0.5, 0.6) is 6.01 Å². The number of nitrogens with zero attached hydrogens (tertiary/aromatic N) is 4. The van der Waals surface area contributed by atoms with Gasteiger partial charge in [0.15, 0.2) is 5.69 Å². The number of hydrogen-bond donors (Lipinski definition) is 2. The molecule has 0 radical (unpaired) electrons. The monoisotopic (exact) mass is 277 g/mol. The fraction of sp³-hybridized carbons (Fsp3) is 0.182. The van der Waals surface area contributed by atoms with Crippen molar-refractivity contribution in [3.05, 3.63) is 24.3 Å². The van der Waals surface area contributed by atoms with Crippen LogP contribution in [0.3, 0.4) is 0 Å². The molecular weight excluding hydrogens is 266 g/mol. The highest BCUT2D eigenvalue weighted by molar-refractivity contribution is 5.97. The molecule has 0 aliphatic rings. The second-order valence-corrected chi connectivity index (χ2v) is 3.81. The first kappa shape index (κ1) is 13.5. The average molecular weight is 277 g/mol. The Kier molecular flexibility index (Phi) is 3.60. The largest absolute Gasteiger partial charge is 0.480 e. The predicted molar refractivity (Wildman–Crippen MR) is 66.0 cm³/mol. The number of aliphatic carboxylic acids is 1. The number of amides is 1. The van der Waals surface area contributed by atoms with Crippen molar-refractivity contribution in [3.8, 4) is 17.1 Å². The number of carboxylic acid groups (broad SMARTS) is 1. The van der Waals surface area contributed by atoms with Gasteiger partial charge >= 0.3 is 12.0 Å². The molecule has 0 spiro atoms. The third-order valence-corrected chi connectivity index (χ3v) is 2.41. The highest BCUT2D eigenvalue weighted by Gasteiger charge is 2.17. The third kappa shape index (κ3) is 2.71. The van der Waals surface area contributed by atoms with E-state index in [1.807, 2.05) is 0 Å². The second kappa shape index (κ2) is 5.34. The van der Waals surface area contributed by atoms with Crippen LogP contribution in [-0.4, -0.2) is 43.8 Å². The van der Waals surface area contributed by atoms with E-state index in [9.17, 15) is 9.59 Å². The van der Waals surface area contributed by atoms with E-state index in [4.69, 9.17) is 15.6 Å². The van der Waals surface area contributed by atoms with Crippen molar-refractivity contribution in [2.45, 2.75) is 6.54 Å². The normalized spacial score (nSPS) is 10.2. The lowest BCUT2D eigenvalue weighted by Crippen LogP contribution is -2.15. The van der Waals surface area contributed by atoms with E-state index in [-0.39, 0.29) is 18.2 Å². The summed E-state index contributed by atoms with van der Waals surface area (Å²) in [5, 5.41) is 12.6. The minimum Gasteiger partial charge on any atom is -0.480 e. The van der Waals surface area contributed by atoms with Crippen molar-refractivity contribution in [2.75, 3.05) is 7.11 Å². The number of primary amides is 1. The number of ether oxygens (including phenoxy) is 1. The molecule has 3 N–H and O–H groups in total. The number of methoxy groups -OCH3 is 1. The minimum absolute atomic E-state index is 0.0417. The topological polar surface area (TPSA) is 133 Å². The summed E-state index contributed by atoms with van der Waals surface area (Å²) >= 11 is 0. The molecule has 20 heavy (non-hydrogen) atoms. The van der Waals surface area contributed by atoms with E-state index in [0.29, 0.717) is 11.1 Å². The quantitative estimate of drug-likeness (QED) is 0.754. The molecule has 0 bridgehead atoms. The van der Waals surface area contributed by atoms with Gasteiger partial charge in [0.25, 0.3) is 5.91 Å². The molecule has 2 aromatic rings. The smallest absolute Gasteiger partial charge is 0.325 e.